The van der Waals surface area contributed by atoms with Crippen LogP contribution in [0.3, 0.4) is 0 Å². The highest BCUT2D eigenvalue weighted by molar-refractivity contribution is 7.92. The second kappa shape index (κ2) is 5.16. The number of esters is 1. The molecule has 6 nitrogen and oxygen atoms in total. The summed E-state index contributed by atoms with van der Waals surface area (Å²) in [5.41, 5.74) is 0. The van der Waals surface area contributed by atoms with Gasteiger partial charge >= 0.3 is 13.0 Å². The van der Waals surface area contributed by atoms with Crippen molar-refractivity contribution in [1.29, 1.82) is 0 Å². The Morgan fingerprint density at radius 1 is 1.62 bits per heavy atom. The number of ether oxygens (including phenoxy) is 1. The van der Waals surface area contributed by atoms with Crippen LogP contribution in [0.5, 0.6) is 0 Å². The van der Waals surface area contributed by atoms with E-state index in [1.54, 1.807) is 18.6 Å². The molecule has 1 unspecified atom stereocenters. The number of carbonyl (C=O) groups is 1. The summed E-state index contributed by atoms with van der Waals surface area (Å²) >= 11 is 0. The Kier molecular flexibility index (Phi) is 4.34. The predicted octanol–water partition coefficient (Wildman–Crippen LogP) is -1.24. The van der Waals surface area contributed by atoms with Crippen molar-refractivity contribution in [1.82, 2.24) is 4.81 Å². The molecule has 0 aromatic rings. The summed E-state index contributed by atoms with van der Waals surface area (Å²) in [4.78, 5) is 13.0. The topological polar surface area (TPSA) is 83.9 Å². The van der Waals surface area contributed by atoms with Gasteiger partial charge in [0.25, 0.3) is 0 Å². The van der Waals surface area contributed by atoms with Gasteiger partial charge in [-0.15, -0.1) is 0 Å². The summed E-state index contributed by atoms with van der Waals surface area (Å²) in [6.45, 7) is 3.56. The number of rotatable bonds is 3. The van der Waals surface area contributed by atoms with Gasteiger partial charge in [0, 0.05) is 13.1 Å². The third-order valence-corrected chi connectivity index (χ3v) is 4.53. The van der Waals surface area contributed by atoms with Crippen molar-refractivity contribution in [3.63, 3.8) is 0 Å². The van der Waals surface area contributed by atoms with E-state index in [1.165, 1.54) is 0 Å². The lowest BCUT2D eigenvalue weighted by Gasteiger charge is -2.31. The van der Waals surface area contributed by atoms with Crippen LogP contribution in [-0.2, 0) is 19.4 Å². The third-order valence-electron chi connectivity index (χ3n) is 2.57. The van der Waals surface area contributed by atoms with Gasteiger partial charge in [0.15, 0.2) is 15.1 Å². The molecule has 8 heteroatoms. The van der Waals surface area contributed by atoms with E-state index in [0.29, 0.717) is 0 Å². The first-order valence-corrected chi connectivity index (χ1v) is 6.90. The molecule has 0 saturated carbocycles. The molecule has 0 aromatic carbocycles. The fourth-order valence-electron chi connectivity index (χ4n) is 1.60. The summed E-state index contributed by atoms with van der Waals surface area (Å²) in [7, 11) is -4.20. The zero-order valence-corrected chi connectivity index (χ0v) is 10.2. The first-order chi connectivity index (χ1) is 7.38. The summed E-state index contributed by atoms with van der Waals surface area (Å²) in [6, 6.07) is 0. The Morgan fingerprint density at radius 3 is 2.75 bits per heavy atom. The Balaban J connectivity index is 2.80. The van der Waals surface area contributed by atoms with Gasteiger partial charge in [0.1, 0.15) is 0 Å². The second-order valence-electron chi connectivity index (χ2n) is 3.73. The third kappa shape index (κ3) is 2.96. The van der Waals surface area contributed by atoms with E-state index in [4.69, 9.17) is 4.74 Å². The molecule has 0 spiro atoms. The van der Waals surface area contributed by atoms with Gasteiger partial charge in [0.2, 0.25) is 0 Å². The standard InChI is InChI=1S/C8H16BNO5S/c1-3-15-8(11)7-6-10(9(2)12)4-5-16(7,13)14/h7,12H,3-6H2,1-2H3. The van der Waals surface area contributed by atoms with Crippen LogP contribution in [0.2, 0.25) is 6.82 Å². The van der Waals surface area contributed by atoms with Gasteiger partial charge in [0.05, 0.1) is 12.4 Å². The molecule has 1 N–H and O–H groups in total. The Morgan fingerprint density at radius 2 is 2.25 bits per heavy atom. The maximum atomic E-state index is 11.7. The zero-order chi connectivity index (χ0) is 12.3. The quantitative estimate of drug-likeness (QED) is 0.497. The number of hydrogen-bond acceptors (Lipinski definition) is 6. The van der Waals surface area contributed by atoms with Gasteiger partial charge in [-0.2, -0.15) is 0 Å². The average molecular weight is 249 g/mol. The Hall–Kier alpha value is -0.595. The molecule has 1 heterocycles. The van der Waals surface area contributed by atoms with Crippen molar-refractivity contribution in [2.24, 2.45) is 0 Å². The molecular formula is C8H16BNO5S. The lowest BCUT2D eigenvalue weighted by Crippen LogP contribution is -2.54. The summed E-state index contributed by atoms with van der Waals surface area (Å²) < 4.78 is 28.0. The van der Waals surface area contributed by atoms with Crippen LogP contribution in [0.1, 0.15) is 6.92 Å². The molecule has 16 heavy (non-hydrogen) atoms. The second-order valence-corrected chi connectivity index (χ2v) is 6.04. The fourth-order valence-corrected chi connectivity index (χ4v) is 3.15. The van der Waals surface area contributed by atoms with Crippen LogP contribution in [0.15, 0.2) is 0 Å². The van der Waals surface area contributed by atoms with Crippen LogP contribution in [0.25, 0.3) is 0 Å². The molecule has 1 aliphatic rings. The van der Waals surface area contributed by atoms with E-state index in [1.807, 2.05) is 0 Å². The van der Waals surface area contributed by atoms with Crippen molar-refractivity contribution in [3.05, 3.63) is 0 Å². The van der Waals surface area contributed by atoms with Crippen molar-refractivity contribution in [2.75, 3.05) is 25.4 Å². The number of nitrogens with zero attached hydrogens (tertiary/aromatic N) is 1. The minimum absolute atomic E-state index is 0.00116. The molecule has 0 amide bonds. The largest absolute Gasteiger partial charge is 0.465 e. The van der Waals surface area contributed by atoms with Crippen molar-refractivity contribution < 1.29 is 23.0 Å². The molecule has 0 aromatic heterocycles. The summed E-state index contributed by atoms with van der Waals surface area (Å²) in [6.07, 6.45) is 0. The first kappa shape index (κ1) is 13.5. The van der Waals surface area contributed by atoms with E-state index in [0.717, 1.165) is 0 Å². The van der Waals surface area contributed by atoms with E-state index >= 15 is 0 Å². The lowest BCUT2D eigenvalue weighted by atomic mass is 9.85. The monoisotopic (exact) mass is 249 g/mol. The van der Waals surface area contributed by atoms with Crippen molar-refractivity contribution in [3.8, 4) is 0 Å². The van der Waals surface area contributed by atoms with E-state index in [-0.39, 0.29) is 25.4 Å². The zero-order valence-electron chi connectivity index (χ0n) is 9.42. The first-order valence-electron chi connectivity index (χ1n) is 5.18. The van der Waals surface area contributed by atoms with Gasteiger partial charge in [-0.3, -0.25) is 4.79 Å². The molecule has 0 bridgehead atoms. The molecule has 0 aliphatic carbocycles. The number of sulfone groups is 1. The minimum Gasteiger partial charge on any atom is -0.465 e. The van der Waals surface area contributed by atoms with Crippen LogP contribution in [0.4, 0.5) is 0 Å². The van der Waals surface area contributed by atoms with Crippen molar-refractivity contribution >= 4 is 22.9 Å². The predicted molar refractivity (Wildman–Crippen MR) is 59.6 cm³/mol. The van der Waals surface area contributed by atoms with E-state index < -0.39 is 28.1 Å². The van der Waals surface area contributed by atoms with Gasteiger partial charge in [-0.05, 0) is 13.7 Å². The van der Waals surface area contributed by atoms with Crippen LogP contribution < -0.4 is 0 Å². The highest BCUT2D eigenvalue weighted by Crippen LogP contribution is 2.14. The minimum atomic E-state index is -3.44. The smallest absolute Gasteiger partial charge is 0.376 e. The van der Waals surface area contributed by atoms with Crippen LogP contribution >= 0.6 is 0 Å². The van der Waals surface area contributed by atoms with Gasteiger partial charge in [-0.25, -0.2) is 8.42 Å². The van der Waals surface area contributed by atoms with Gasteiger partial charge in [-0.1, -0.05) is 0 Å². The molecule has 0 radical (unpaired) electrons. The highest BCUT2D eigenvalue weighted by Gasteiger charge is 2.40. The highest BCUT2D eigenvalue weighted by atomic mass is 32.2. The molecule has 92 valence electrons. The van der Waals surface area contributed by atoms with E-state index in [9.17, 15) is 18.2 Å². The number of hydrogen-bond donors (Lipinski definition) is 1. The summed E-state index contributed by atoms with van der Waals surface area (Å²) in [5.74, 6) is -0.852. The maximum absolute atomic E-state index is 11.7. The number of carbonyl (C=O) groups excluding carboxylic acids is 1. The van der Waals surface area contributed by atoms with E-state index in [2.05, 4.69) is 0 Å². The SMILES string of the molecule is CCOC(=O)C1CN(B(C)O)CCS1(=O)=O. The fraction of sp³-hybridized carbons (Fsp3) is 0.875. The summed E-state index contributed by atoms with van der Waals surface area (Å²) in [5, 5.41) is 8.19. The Labute approximate surface area is 95.6 Å². The van der Waals surface area contributed by atoms with Crippen LogP contribution in [0, 0.1) is 0 Å². The maximum Gasteiger partial charge on any atom is 0.376 e. The van der Waals surface area contributed by atoms with Gasteiger partial charge < -0.3 is 14.6 Å². The molecule has 1 saturated heterocycles. The molecule has 1 atom stereocenters. The molecular weight excluding hydrogens is 233 g/mol. The normalized spacial score (nSPS) is 25.1. The lowest BCUT2D eigenvalue weighted by molar-refractivity contribution is -0.142. The Bertz CT molecular complexity index is 355. The van der Waals surface area contributed by atoms with Crippen molar-refractivity contribution in [2.45, 2.75) is 19.0 Å². The molecule has 1 fully saturated rings. The average Bonchev–Trinajstić information content (AvgIpc) is 2.16. The van der Waals surface area contributed by atoms with Crippen LogP contribution in [-0.4, -0.2) is 62.0 Å². The molecule has 1 aliphatic heterocycles. The molecule has 1 rings (SSSR count).